The zero-order chi connectivity index (χ0) is 10.7. The van der Waals surface area contributed by atoms with Crippen LogP contribution in [0.1, 0.15) is 58.3 Å². The number of hydrogen-bond donors (Lipinski definition) is 0. The Morgan fingerprint density at radius 3 is 2.73 bits per heavy atom. The highest BCUT2D eigenvalue weighted by atomic mass is 35.5. The molecule has 0 aromatic rings. The second-order valence-corrected chi connectivity index (χ2v) is 5.52. The fraction of sp³-hybridized carbons (Fsp3) is 1.00. The molecule has 2 aliphatic heterocycles. The van der Waals surface area contributed by atoms with Crippen LogP contribution in [0.3, 0.4) is 0 Å². The Bertz CT molecular complexity index is 195. The van der Waals surface area contributed by atoms with Gasteiger partial charge in [0.1, 0.15) is 0 Å². The molecule has 2 saturated heterocycles. The molecular formula is C13H24ClN. The summed E-state index contributed by atoms with van der Waals surface area (Å²) in [7, 11) is 0. The molecule has 0 aromatic heterocycles. The molecule has 2 rings (SSSR count). The fourth-order valence-corrected chi connectivity index (χ4v) is 3.81. The smallest absolute Gasteiger partial charge is 0.0379 e. The first-order valence-corrected chi connectivity index (χ1v) is 7.23. The van der Waals surface area contributed by atoms with E-state index in [0.29, 0.717) is 6.04 Å². The minimum atomic E-state index is 0.690. The molecule has 2 heterocycles. The molecule has 0 N–H and O–H groups in total. The van der Waals surface area contributed by atoms with E-state index in [9.17, 15) is 0 Å². The average Bonchev–Trinajstić information content (AvgIpc) is 2.69. The summed E-state index contributed by atoms with van der Waals surface area (Å²) in [6.45, 7) is 2.29. The Balaban J connectivity index is 1.95. The molecule has 0 radical (unpaired) electrons. The van der Waals surface area contributed by atoms with Crippen LogP contribution in [-0.2, 0) is 0 Å². The van der Waals surface area contributed by atoms with Gasteiger partial charge in [0.05, 0.1) is 0 Å². The monoisotopic (exact) mass is 229 g/mol. The number of hydrogen-bond acceptors (Lipinski definition) is 1. The van der Waals surface area contributed by atoms with Gasteiger partial charge >= 0.3 is 0 Å². The van der Waals surface area contributed by atoms with Crippen molar-refractivity contribution in [3.63, 3.8) is 0 Å². The van der Waals surface area contributed by atoms with Crippen molar-refractivity contribution in [1.82, 2.24) is 4.90 Å². The summed E-state index contributed by atoms with van der Waals surface area (Å²) in [5.74, 6) is 0.846. The number of alkyl halides is 1. The van der Waals surface area contributed by atoms with Crippen LogP contribution in [0, 0.1) is 0 Å². The lowest BCUT2D eigenvalue weighted by Crippen LogP contribution is -2.47. The Labute approximate surface area is 99.2 Å². The zero-order valence-electron chi connectivity index (χ0n) is 9.92. The van der Waals surface area contributed by atoms with Crippen LogP contribution in [0.5, 0.6) is 0 Å². The summed E-state index contributed by atoms with van der Waals surface area (Å²) in [6, 6.07) is 2.43. The molecule has 0 saturated carbocycles. The van der Waals surface area contributed by atoms with Gasteiger partial charge in [-0.25, -0.2) is 0 Å². The van der Waals surface area contributed by atoms with Crippen LogP contribution < -0.4 is 0 Å². The van der Waals surface area contributed by atoms with Gasteiger partial charge in [0.2, 0.25) is 0 Å². The third-order valence-electron chi connectivity index (χ3n) is 4.24. The van der Waals surface area contributed by atoms with Gasteiger partial charge in [-0.15, -0.1) is 11.6 Å². The van der Waals surface area contributed by atoms with Crippen molar-refractivity contribution in [1.29, 1.82) is 0 Å². The largest absolute Gasteiger partial charge is 0.293 e. The van der Waals surface area contributed by atoms with Gasteiger partial charge in [-0.3, -0.25) is 4.90 Å². The third-order valence-corrected chi connectivity index (χ3v) is 4.60. The molecule has 2 fully saturated rings. The first kappa shape index (κ1) is 11.7. The van der Waals surface area contributed by atoms with Crippen molar-refractivity contribution in [2.75, 3.05) is 5.88 Å². The highest BCUT2D eigenvalue weighted by molar-refractivity contribution is 6.18. The predicted octanol–water partition coefficient (Wildman–Crippen LogP) is 3.80. The van der Waals surface area contributed by atoms with E-state index in [1.807, 2.05) is 0 Å². The van der Waals surface area contributed by atoms with Gasteiger partial charge in [0.25, 0.3) is 0 Å². The Morgan fingerprint density at radius 2 is 2.00 bits per heavy atom. The maximum atomic E-state index is 6.10. The molecule has 15 heavy (non-hydrogen) atoms. The van der Waals surface area contributed by atoms with Crippen LogP contribution in [-0.4, -0.2) is 28.9 Å². The first-order chi connectivity index (χ1) is 7.36. The highest BCUT2D eigenvalue weighted by Gasteiger charge is 2.39. The summed E-state index contributed by atoms with van der Waals surface area (Å²) < 4.78 is 0. The van der Waals surface area contributed by atoms with Gasteiger partial charge in [-0.2, -0.15) is 0 Å². The standard InChI is InChI=1S/C13H24ClN/c1-2-3-5-11-8-9-12-6-4-7-13(10-14)15(11)12/h11-13H,2-10H2,1H3/t11-,12+,13-/m1/s1. The zero-order valence-corrected chi connectivity index (χ0v) is 10.7. The van der Waals surface area contributed by atoms with Crippen LogP contribution in [0.25, 0.3) is 0 Å². The average molecular weight is 230 g/mol. The Kier molecular flexibility index (Phi) is 4.33. The number of fused-ring (bicyclic) bond motifs is 1. The molecule has 1 nitrogen and oxygen atoms in total. The van der Waals surface area contributed by atoms with Gasteiger partial charge in [0, 0.05) is 24.0 Å². The number of nitrogens with zero attached hydrogens (tertiary/aromatic N) is 1. The van der Waals surface area contributed by atoms with E-state index in [1.54, 1.807) is 0 Å². The number of rotatable bonds is 4. The van der Waals surface area contributed by atoms with Crippen molar-refractivity contribution >= 4 is 11.6 Å². The summed E-state index contributed by atoms with van der Waals surface area (Å²) in [4.78, 5) is 2.78. The molecule has 88 valence electrons. The molecular weight excluding hydrogens is 206 g/mol. The quantitative estimate of drug-likeness (QED) is 0.663. The highest BCUT2D eigenvalue weighted by Crippen LogP contribution is 2.37. The maximum Gasteiger partial charge on any atom is 0.0379 e. The van der Waals surface area contributed by atoms with Crippen LogP contribution in [0.2, 0.25) is 0 Å². The SMILES string of the molecule is CCCC[C@@H]1CC[C@@H]2CCC[C@H](CCl)N12. The molecule has 3 atom stereocenters. The summed E-state index contributed by atoms with van der Waals surface area (Å²) >= 11 is 6.10. The van der Waals surface area contributed by atoms with E-state index in [-0.39, 0.29) is 0 Å². The minimum Gasteiger partial charge on any atom is -0.293 e. The summed E-state index contributed by atoms with van der Waals surface area (Å²) in [5.41, 5.74) is 0. The normalized spacial score (nSPS) is 36.8. The van der Waals surface area contributed by atoms with Crippen molar-refractivity contribution < 1.29 is 0 Å². The summed E-state index contributed by atoms with van der Waals surface area (Å²) in [6.07, 6.45) is 11.2. The lowest BCUT2D eigenvalue weighted by Gasteiger charge is -2.40. The van der Waals surface area contributed by atoms with E-state index in [0.717, 1.165) is 18.0 Å². The number of piperidine rings is 1. The topological polar surface area (TPSA) is 3.24 Å². The molecule has 0 amide bonds. The second-order valence-electron chi connectivity index (χ2n) is 5.21. The van der Waals surface area contributed by atoms with E-state index < -0.39 is 0 Å². The molecule has 2 heteroatoms. The van der Waals surface area contributed by atoms with Crippen molar-refractivity contribution in [3.05, 3.63) is 0 Å². The lowest BCUT2D eigenvalue weighted by molar-refractivity contribution is 0.0893. The fourth-order valence-electron chi connectivity index (χ4n) is 3.50. The van der Waals surface area contributed by atoms with Crippen molar-refractivity contribution in [2.24, 2.45) is 0 Å². The molecule has 0 unspecified atom stereocenters. The first-order valence-electron chi connectivity index (χ1n) is 6.70. The Hall–Kier alpha value is 0.250. The van der Waals surface area contributed by atoms with Crippen LogP contribution >= 0.6 is 11.6 Å². The van der Waals surface area contributed by atoms with E-state index in [2.05, 4.69) is 11.8 Å². The van der Waals surface area contributed by atoms with E-state index in [4.69, 9.17) is 11.6 Å². The van der Waals surface area contributed by atoms with Crippen molar-refractivity contribution in [3.8, 4) is 0 Å². The summed E-state index contributed by atoms with van der Waals surface area (Å²) in [5, 5.41) is 0. The molecule has 2 aliphatic rings. The second kappa shape index (κ2) is 5.54. The number of halogens is 1. The lowest BCUT2D eigenvalue weighted by atomic mass is 9.97. The molecule has 0 bridgehead atoms. The van der Waals surface area contributed by atoms with Crippen LogP contribution in [0.15, 0.2) is 0 Å². The van der Waals surface area contributed by atoms with E-state index in [1.165, 1.54) is 51.4 Å². The molecule has 0 aromatic carbocycles. The minimum absolute atomic E-state index is 0.690. The Morgan fingerprint density at radius 1 is 1.13 bits per heavy atom. The van der Waals surface area contributed by atoms with Gasteiger partial charge in [-0.1, -0.05) is 26.2 Å². The van der Waals surface area contributed by atoms with Gasteiger partial charge in [-0.05, 0) is 32.1 Å². The van der Waals surface area contributed by atoms with E-state index >= 15 is 0 Å². The third kappa shape index (κ3) is 2.50. The van der Waals surface area contributed by atoms with Gasteiger partial charge in [0.15, 0.2) is 0 Å². The van der Waals surface area contributed by atoms with Gasteiger partial charge < -0.3 is 0 Å². The van der Waals surface area contributed by atoms with Crippen molar-refractivity contribution in [2.45, 2.75) is 76.4 Å². The number of unbranched alkanes of at least 4 members (excludes halogenated alkanes) is 1. The maximum absolute atomic E-state index is 6.10. The predicted molar refractivity (Wildman–Crippen MR) is 66.5 cm³/mol. The van der Waals surface area contributed by atoms with Crippen LogP contribution in [0.4, 0.5) is 0 Å². The molecule has 0 spiro atoms. The molecule has 0 aliphatic carbocycles.